The first-order valence-corrected chi connectivity index (χ1v) is 6.91. The molecule has 3 rings (SSSR count). The molecule has 0 spiro atoms. The fraction of sp³-hybridized carbons (Fsp3) is 0.118. The van der Waals surface area contributed by atoms with Crippen molar-refractivity contribution in [2.75, 3.05) is 5.32 Å². The van der Waals surface area contributed by atoms with Gasteiger partial charge >= 0.3 is 0 Å². The van der Waals surface area contributed by atoms with Gasteiger partial charge in [0.05, 0.1) is 5.69 Å². The summed E-state index contributed by atoms with van der Waals surface area (Å²) in [6, 6.07) is 12.8. The van der Waals surface area contributed by atoms with E-state index in [1.165, 1.54) is 0 Å². The van der Waals surface area contributed by atoms with Gasteiger partial charge in [0, 0.05) is 17.4 Å². The fourth-order valence-corrected chi connectivity index (χ4v) is 2.31. The van der Waals surface area contributed by atoms with Gasteiger partial charge in [-0.3, -0.25) is 9.78 Å². The highest BCUT2D eigenvalue weighted by Gasteiger charge is 2.12. The van der Waals surface area contributed by atoms with Gasteiger partial charge < -0.3 is 9.84 Å². The van der Waals surface area contributed by atoms with Crippen LogP contribution in [0.3, 0.4) is 0 Å². The minimum absolute atomic E-state index is 0.231. The summed E-state index contributed by atoms with van der Waals surface area (Å²) in [6.07, 6.45) is 1.59. The number of hydrogen-bond acceptors (Lipinski definition) is 4. The van der Waals surface area contributed by atoms with E-state index in [-0.39, 0.29) is 5.91 Å². The third-order valence-electron chi connectivity index (χ3n) is 3.36. The third-order valence-corrected chi connectivity index (χ3v) is 3.36. The second-order valence-electron chi connectivity index (χ2n) is 4.95. The molecular weight excluding hydrogens is 278 g/mol. The van der Waals surface area contributed by atoms with E-state index >= 15 is 0 Å². The molecule has 0 aliphatic rings. The number of anilines is 1. The van der Waals surface area contributed by atoms with Crippen LogP contribution in [0.5, 0.6) is 0 Å². The molecule has 0 saturated carbocycles. The van der Waals surface area contributed by atoms with Crippen molar-refractivity contribution in [2.24, 2.45) is 0 Å². The van der Waals surface area contributed by atoms with Crippen molar-refractivity contribution >= 4 is 11.6 Å². The second kappa shape index (κ2) is 5.81. The van der Waals surface area contributed by atoms with Crippen molar-refractivity contribution in [1.82, 2.24) is 10.1 Å². The molecule has 0 saturated heterocycles. The van der Waals surface area contributed by atoms with Crippen molar-refractivity contribution < 1.29 is 9.32 Å². The van der Waals surface area contributed by atoms with Gasteiger partial charge in [-0.15, -0.1) is 0 Å². The summed E-state index contributed by atoms with van der Waals surface area (Å²) in [5.41, 5.74) is 3.95. The quantitative estimate of drug-likeness (QED) is 0.801. The van der Waals surface area contributed by atoms with E-state index in [4.69, 9.17) is 4.52 Å². The van der Waals surface area contributed by atoms with Gasteiger partial charge in [0.1, 0.15) is 11.5 Å². The maximum Gasteiger partial charge on any atom is 0.274 e. The van der Waals surface area contributed by atoms with Crippen LogP contribution >= 0.6 is 0 Å². The van der Waals surface area contributed by atoms with Gasteiger partial charge in [-0.25, -0.2) is 0 Å². The first kappa shape index (κ1) is 14.0. The predicted octanol–water partition coefficient (Wildman–Crippen LogP) is 3.61. The van der Waals surface area contributed by atoms with Crippen LogP contribution in [-0.2, 0) is 0 Å². The number of carbonyl (C=O) groups is 1. The van der Waals surface area contributed by atoms with Crippen LogP contribution in [0.2, 0.25) is 0 Å². The summed E-state index contributed by atoms with van der Waals surface area (Å²) in [6.45, 7) is 3.79. The van der Waals surface area contributed by atoms with Gasteiger partial charge in [-0.2, -0.15) is 0 Å². The highest BCUT2D eigenvalue weighted by Crippen LogP contribution is 2.27. The molecular formula is C17H15N3O2. The maximum atomic E-state index is 12.0. The molecule has 0 aliphatic heterocycles. The zero-order chi connectivity index (χ0) is 15.5. The van der Waals surface area contributed by atoms with Gasteiger partial charge in [-0.1, -0.05) is 23.4 Å². The van der Waals surface area contributed by atoms with E-state index in [0.29, 0.717) is 11.4 Å². The Hall–Kier alpha value is -2.95. The van der Waals surface area contributed by atoms with Gasteiger partial charge in [-0.05, 0) is 43.7 Å². The Kier molecular flexibility index (Phi) is 3.70. The predicted molar refractivity (Wildman–Crippen MR) is 83.6 cm³/mol. The number of benzene rings is 1. The van der Waals surface area contributed by atoms with E-state index in [9.17, 15) is 4.79 Å². The van der Waals surface area contributed by atoms with Gasteiger partial charge in [0.2, 0.25) is 0 Å². The van der Waals surface area contributed by atoms with Crippen LogP contribution in [0, 0.1) is 13.8 Å². The molecule has 3 aromatic rings. The van der Waals surface area contributed by atoms with E-state index in [0.717, 1.165) is 22.6 Å². The summed E-state index contributed by atoms with van der Waals surface area (Å²) in [4.78, 5) is 16.1. The number of pyridine rings is 1. The van der Waals surface area contributed by atoms with Crippen LogP contribution in [0.1, 0.15) is 21.9 Å². The van der Waals surface area contributed by atoms with Crippen molar-refractivity contribution in [1.29, 1.82) is 0 Å². The Balaban J connectivity index is 1.79. The second-order valence-corrected chi connectivity index (χ2v) is 4.95. The summed E-state index contributed by atoms with van der Waals surface area (Å²) >= 11 is 0. The number of rotatable bonds is 3. The molecule has 5 heteroatoms. The molecule has 1 N–H and O–H groups in total. The van der Waals surface area contributed by atoms with Crippen molar-refractivity contribution in [3.8, 4) is 11.1 Å². The molecule has 2 aromatic heterocycles. The lowest BCUT2D eigenvalue weighted by Gasteiger charge is -2.06. The highest BCUT2D eigenvalue weighted by molar-refractivity contribution is 6.02. The highest BCUT2D eigenvalue weighted by atomic mass is 16.5. The largest absolute Gasteiger partial charge is 0.361 e. The average molecular weight is 293 g/mol. The lowest BCUT2D eigenvalue weighted by molar-refractivity contribution is 0.102. The molecule has 0 fully saturated rings. The number of aryl methyl sites for hydroxylation is 2. The smallest absolute Gasteiger partial charge is 0.274 e. The Morgan fingerprint density at radius 3 is 2.45 bits per heavy atom. The Labute approximate surface area is 128 Å². The Morgan fingerprint density at radius 1 is 1.09 bits per heavy atom. The topological polar surface area (TPSA) is 68.0 Å². The van der Waals surface area contributed by atoms with Crippen molar-refractivity contribution in [2.45, 2.75) is 13.8 Å². The molecule has 2 heterocycles. The van der Waals surface area contributed by atoms with Crippen LogP contribution in [-0.4, -0.2) is 16.0 Å². The Bertz CT molecular complexity index is 773. The van der Waals surface area contributed by atoms with E-state index in [1.807, 2.05) is 38.1 Å². The first-order valence-electron chi connectivity index (χ1n) is 6.91. The third kappa shape index (κ3) is 2.74. The number of nitrogens with one attached hydrogen (secondary N) is 1. The molecule has 110 valence electrons. The van der Waals surface area contributed by atoms with Crippen molar-refractivity contribution in [3.63, 3.8) is 0 Å². The van der Waals surface area contributed by atoms with Crippen LogP contribution in [0.15, 0.2) is 53.2 Å². The summed E-state index contributed by atoms with van der Waals surface area (Å²) < 4.78 is 5.17. The van der Waals surface area contributed by atoms with Gasteiger partial charge in [0.25, 0.3) is 5.91 Å². The minimum Gasteiger partial charge on any atom is -0.361 e. The van der Waals surface area contributed by atoms with E-state index in [2.05, 4.69) is 15.5 Å². The SMILES string of the molecule is Cc1noc(C)c1-c1ccc(NC(=O)c2ccccn2)cc1. The zero-order valence-corrected chi connectivity index (χ0v) is 12.3. The van der Waals surface area contributed by atoms with Crippen LogP contribution in [0.4, 0.5) is 5.69 Å². The molecule has 0 bridgehead atoms. The summed E-state index contributed by atoms with van der Waals surface area (Å²) in [5.74, 6) is 0.550. The minimum atomic E-state index is -0.231. The zero-order valence-electron chi connectivity index (χ0n) is 12.3. The molecule has 0 unspecified atom stereocenters. The summed E-state index contributed by atoms with van der Waals surface area (Å²) in [7, 11) is 0. The number of hydrogen-bond donors (Lipinski definition) is 1. The molecule has 0 aliphatic carbocycles. The number of nitrogens with zero attached hydrogens (tertiary/aromatic N) is 2. The standard InChI is InChI=1S/C17H15N3O2/c1-11-16(12(2)22-20-11)13-6-8-14(9-7-13)19-17(21)15-5-3-4-10-18-15/h3-10H,1-2H3,(H,19,21). The van der Waals surface area contributed by atoms with Crippen molar-refractivity contribution in [3.05, 3.63) is 65.8 Å². The molecule has 22 heavy (non-hydrogen) atoms. The molecule has 5 nitrogen and oxygen atoms in total. The summed E-state index contributed by atoms with van der Waals surface area (Å²) in [5, 5.41) is 6.77. The lowest BCUT2D eigenvalue weighted by atomic mass is 10.0. The fourth-order valence-electron chi connectivity index (χ4n) is 2.31. The maximum absolute atomic E-state index is 12.0. The number of carbonyl (C=O) groups excluding carboxylic acids is 1. The molecule has 0 atom stereocenters. The van der Waals surface area contributed by atoms with E-state index in [1.54, 1.807) is 24.4 Å². The molecule has 1 aromatic carbocycles. The Morgan fingerprint density at radius 2 is 1.86 bits per heavy atom. The van der Waals surface area contributed by atoms with Crippen LogP contribution in [0.25, 0.3) is 11.1 Å². The molecule has 1 amide bonds. The average Bonchev–Trinajstić information content (AvgIpc) is 2.88. The normalized spacial score (nSPS) is 10.5. The molecule has 0 radical (unpaired) electrons. The number of amides is 1. The van der Waals surface area contributed by atoms with Gasteiger partial charge in [0.15, 0.2) is 0 Å². The lowest BCUT2D eigenvalue weighted by Crippen LogP contribution is -2.13. The number of aromatic nitrogens is 2. The van der Waals surface area contributed by atoms with E-state index < -0.39 is 0 Å². The first-order chi connectivity index (χ1) is 10.6. The van der Waals surface area contributed by atoms with Crippen LogP contribution < -0.4 is 5.32 Å². The monoisotopic (exact) mass is 293 g/mol.